The Morgan fingerprint density at radius 1 is 1.24 bits per heavy atom. The summed E-state index contributed by atoms with van der Waals surface area (Å²) in [4.78, 5) is 11.1. The summed E-state index contributed by atoms with van der Waals surface area (Å²) in [6, 6.07) is 1.74. The lowest BCUT2D eigenvalue weighted by Crippen LogP contribution is -2.10. The van der Waals surface area contributed by atoms with E-state index in [9.17, 15) is 4.79 Å². The normalized spacial score (nSPS) is 12.1. The van der Waals surface area contributed by atoms with Crippen LogP contribution in [0.4, 0.5) is 0 Å². The van der Waals surface area contributed by atoms with Crippen molar-refractivity contribution in [3.8, 4) is 11.5 Å². The topological polar surface area (TPSA) is 55.8 Å². The molecule has 1 atom stereocenters. The van der Waals surface area contributed by atoms with Crippen LogP contribution in [-0.2, 0) is 4.79 Å². The van der Waals surface area contributed by atoms with Gasteiger partial charge in [0.25, 0.3) is 0 Å². The Morgan fingerprint density at radius 3 is 2.24 bits per heavy atom. The summed E-state index contributed by atoms with van der Waals surface area (Å²) in [5.74, 6) is -0.198. The van der Waals surface area contributed by atoms with E-state index in [1.54, 1.807) is 27.2 Å². The first-order valence-electron chi connectivity index (χ1n) is 5.38. The fraction of sp³-hybridized carbons (Fsp3) is 0.462. The Hall–Kier alpha value is -1.71. The molecule has 0 heterocycles. The van der Waals surface area contributed by atoms with Gasteiger partial charge in [-0.05, 0) is 38.0 Å². The van der Waals surface area contributed by atoms with Crippen molar-refractivity contribution in [1.82, 2.24) is 0 Å². The van der Waals surface area contributed by atoms with E-state index in [4.69, 9.17) is 14.6 Å². The number of hydrogen-bond acceptors (Lipinski definition) is 3. The number of ether oxygens (including phenoxy) is 2. The second kappa shape index (κ2) is 5.08. The van der Waals surface area contributed by atoms with Crippen molar-refractivity contribution in [2.45, 2.75) is 26.7 Å². The van der Waals surface area contributed by atoms with Gasteiger partial charge in [0.05, 0.1) is 20.1 Å². The summed E-state index contributed by atoms with van der Waals surface area (Å²) in [5.41, 5.74) is 2.51. The standard InChI is InChI=1S/C13H18O4/c1-7-8(2)12(17-5)10(6-11(7)16-4)9(3)13(14)15/h6,9H,1-5H3,(H,14,15). The van der Waals surface area contributed by atoms with Gasteiger partial charge in [-0.3, -0.25) is 4.79 Å². The molecule has 4 nitrogen and oxygen atoms in total. The van der Waals surface area contributed by atoms with E-state index in [1.807, 2.05) is 13.8 Å². The molecule has 1 aromatic carbocycles. The number of aliphatic carboxylic acids is 1. The Kier molecular flexibility index (Phi) is 3.99. The summed E-state index contributed by atoms with van der Waals surface area (Å²) in [6.45, 7) is 5.45. The highest BCUT2D eigenvalue weighted by Gasteiger charge is 2.22. The monoisotopic (exact) mass is 238 g/mol. The smallest absolute Gasteiger partial charge is 0.310 e. The second-order valence-corrected chi connectivity index (χ2v) is 4.01. The summed E-state index contributed by atoms with van der Waals surface area (Å²) < 4.78 is 10.6. The molecule has 1 aromatic rings. The molecule has 1 rings (SSSR count). The van der Waals surface area contributed by atoms with Crippen molar-refractivity contribution < 1.29 is 19.4 Å². The quantitative estimate of drug-likeness (QED) is 0.875. The average molecular weight is 238 g/mol. The molecule has 0 amide bonds. The number of benzene rings is 1. The predicted octanol–water partition coefficient (Wildman–Crippen LogP) is 2.51. The van der Waals surface area contributed by atoms with Gasteiger partial charge in [0.1, 0.15) is 11.5 Å². The lowest BCUT2D eigenvalue weighted by Gasteiger charge is -2.18. The van der Waals surface area contributed by atoms with Gasteiger partial charge in [0, 0.05) is 5.56 Å². The van der Waals surface area contributed by atoms with E-state index >= 15 is 0 Å². The summed E-state index contributed by atoms with van der Waals surface area (Å²) in [5, 5.41) is 9.08. The van der Waals surface area contributed by atoms with Gasteiger partial charge in [0.15, 0.2) is 0 Å². The summed E-state index contributed by atoms with van der Waals surface area (Å²) >= 11 is 0. The van der Waals surface area contributed by atoms with Gasteiger partial charge in [-0.25, -0.2) is 0 Å². The minimum Gasteiger partial charge on any atom is -0.496 e. The van der Waals surface area contributed by atoms with Crippen molar-refractivity contribution >= 4 is 5.97 Å². The van der Waals surface area contributed by atoms with E-state index in [0.29, 0.717) is 17.1 Å². The minimum atomic E-state index is -0.881. The molecule has 1 N–H and O–H groups in total. The Balaban J connectivity index is 3.47. The third-order valence-corrected chi connectivity index (χ3v) is 3.08. The molecule has 0 aromatic heterocycles. The van der Waals surface area contributed by atoms with Gasteiger partial charge < -0.3 is 14.6 Å². The number of rotatable bonds is 4. The first-order valence-corrected chi connectivity index (χ1v) is 5.38. The molecule has 0 saturated carbocycles. The Morgan fingerprint density at radius 2 is 1.82 bits per heavy atom. The molecule has 4 heteroatoms. The molecular weight excluding hydrogens is 220 g/mol. The molecule has 0 spiro atoms. The van der Waals surface area contributed by atoms with Gasteiger partial charge in [-0.2, -0.15) is 0 Å². The highest BCUT2D eigenvalue weighted by molar-refractivity contribution is 5.77. The van der Waals surface area contributed by atoms with E-state index in [1.165, 1.54) is 0 Å². The van der Waals surface area contributed by atoms with Gasteiger partial charge in [0.2, 0.25) is 0 Å². The Bertz CT molecular complexity index is 438. The van der Waals surface area contributed by atoms with Crippen LogP contribution in [0.2, 0.25) is 0 Å². The van der Waals surface area contributed by atoms with E-state index in [2.05, 4.69) is 0 Å². The lowest BCUT2D eigenvalue weighted by atomic mass is 9.94. The largest absolute Gasteiger partial charge is 0.496 e. The zero-order valence-electron chi connectivity index (χ0n) is 10.8. The third kappa shape index (κ3) is 2.35. The molecule has 0 fully saturated rings. The van der Waals surface area contributed by atoms with Gasteiger partial charge in [-0.1, -0.05) is 0 Å². The maximum atomic E-state index is 11.1. The maximum Gasteiger partial charge on any atom is 0.310 e. The number of carboxylic acid groups (broad SMARTS) is 1. The van der Waals surface area contributed by atoms with Crippen LogP contribution in [0.5, 0.6) is 11.5 Å². The third-order valence-electron chi connectivity index (χ3n) is 3.08. The molecular formula is C13H18O4. The molecule has 94 valence electrons. The molecule has 0 aliphatic heterocycles. The number of carbonyl (C=O) groups is 1. The number of carboxylic acids is 1. The van der Waals surface area contributed by atoms with Crippen molar-refractivity contribution in [1.29, 1.82) is 0 Å². The second-order valence-electron chi connectivity index (χ2n) is 4.01. The average Bonchev–Trinajstić information content (AvgIpc) is 2.31. The molecule has 0 saturated heterocycles. The van der Waals surface area contributed by atoms with Crippen molar-refractivity contribution in [3.05, 3.63) is 22.8 Å². The lowest BCUT2D eigenvalue weighted by molar-refractivity contribution is -0.138. The highest BCUT2D eigenvalue weighted by Crippen LogP contribution is 2.37. The van der Waals surface area contributed by atoms with Crippen molar-refractivity contribution in [2.24, 2.45) is 0 Å². The van der Waals surface area contributed by atoms with Gasteiger partial charge >= 0.3 is 5.97 Å². The number of hydrogen-bond donors (Lipinski definition) is 1. The van der Waals surface area contributed by atoms with E-state index < -0.39 is 11.9 Å². The van der Waals surface area contributed by atoms with Crippen LogP contribution >= 0.6 is 0 Å². The summed E-state index contributed by atoms with van der Waals surface area (Å²) in [7, 11) is 3.12. The van der Waals surface area contributed by atoms with Crippen LogP contribution in [-0.4, -0.2) is 25.3 Å². The first kappa shape index (κ1) is 13.4. The van der Waals surface area contributed by atoms with E-state index in [0.717, 1.165) is 11.1 Å². The molecule has 0 bridgehead atoms. The van der Waals surface area contributed by atoms with Crippen molar-refractivity contribution in [3.63, 3.8) is 0 Å². The predicted molar refractivity (Wildman–Crippen MR) is 65.1 cm³/mol. The summed E-state index contributed by atoms with van der Waals surface area (Å²) in [6.07, 6.45) is 0. The zero-order valence-corrected chi connectivity index (χ0v) is 10.8. The maximum absolute atomic E-state index is 11.1. The Labute approximate surface area is 101 Å². The van der Waals surface area contributed by atoms with Crippen molar-refractivity contribution in [2.75, 3.05) is 14.2 Å². The fourth-order valence-electron chi connectivity index (χ4n) is 1.82. The zero-order chi connectivity index (χ0) is 13.2. The molecule has 0 radical (unpaired) electrons. The van der Waals surface area contributed by atoms with Crippen LogP contribution in [0.15, 0.2) is 6.07 Å². The number of methoxy groups -OCH3 is 2. The fourth-order valence-corrected chi connectivity index (χ4v) is 1.82. The molecule has 0 aliphatic carbocycles. The molecule has 0 aliphatic rings. The van der Waals surface area contributed by atoms with Crippen LogP contribution < -0.4 is 9.47 Å². The van der Waals surface area contributed by atoms with Crippen LogP contribution in [0, 0.1) is 13.8 Å². The van der Waals surface area contributed by atoms with Gasteiger partial charge in [-0.15, -0.1) is 0 Å². The highest BCUT2D eigenvalue weighted by atomic mass is 16.5. The minimum absolute atomic E-state index is 0.623. The first-order chi connectivity index (χ1) is 7.93. The van der Waals surface area contributed by atoms with E-state index in [-0.39, 0.29) is 0 Å². The van der Waals surface area contributed by atoms with Crippen LogP contribution in [0.1, 0.15) is 29.5 Å². The van der Waals surface area contributed by atoms with Crippen LogP contribution in [0.25, 0.3) is 0 Å². The molecule has 17 heavy (non-hydrogen) atoms. The molecule has 1 unspecified atom stereocenters. The van der Waals surface area contributed by atoms with Crippen LogP contribution in [0.3, 0.4) is 0 Å². The SMILES string of the molecule is COc1cc(C(C)C(=O)O)c(OC)c(C)c1C.